The topological polar surface area (TPSA) is 99.1 Å². The molecule has 0 fully saturated rings. The minimum Gasteiger partial charge on any atom is -0.478 e. The van der Waals surface area contributed by atoms with E-state index < -0.39 is 5.97 Å². The fraction of sp³-hybridized carbons (Fsp3) is 0.0476. The van der Waals surface area contributed by atoms with E-state index in [9.17, 15) is 4.79 Å². The summed E-state index contributed by atoms with van der Waals surface area (Å²) in [6, 6.07) is 20.1. The average molecular weight is 343 g/mol. The third kappa shape index (κ3) is 3.50. The maximum absolute atomic E-state index is 11.1. The van der Waals surface area contributed by atoms with Crippen LogP contribution in [0.15, 0.2) is 60.7 Å². The second-order valence-corrected chi connectivity index (χ2v) is 5.95. The SMILES string of the molecule is Cc1cc(-c2cccc(Nc3cc(C(=O)O)ccc3N)c2)ccc1C#N. The lowest BCUT2D eigenvalue weighted by Gasteiger charge is -2.12. The molecule has 3 rings (SSSR count). The molecule has 5 nitrogen and oxygen atoms in total. The summed E-state index contributed by atoms with van der Waals surface area (Å²) in [5, 5.41) is 21.4. The quantitative estimate of drug-likeness (QED) is 0.603. The smallest absolute Gasteiger partial charge is 0.335 e. The van der Waals surface area contributed by atoms with Gasteiger partial charge < -0.3 is 16.2 Å². The number of aromatic carboxylic acids is 1. The number of nitriles is 1. The highest BCUT2D eigenvalue weighted by atomic mass is 16.4. The molecule has 0 saturated heterocycles. The lowest BCUT2D eigenvalue weighted by Crippen LogP contribution is -2.01. The van der Waals surface area contributed by atoms with Crippen molar-refractivity contribution in [1.29, 1.82) is 5.26 Å². The van der Waals surface area contributed by atoms with Crippen molar-refractivity contribution < 1.29 is 9.90 Å². The largest absolute Gasteiger partial charge is 0.478 e. The van der Waals surface area contributed by atoms with Crippen LogP contribution in [0, 0.1) is 18.3 Å². The van der Waals surface area contributed by atoms with Crippen molar-refractivity contribution in [2.75, 3.05) is 11.1 Å². The van der Waals surface area contributed by atoms with Crippen molar-refractivity contribution in [3.05, 3.63) is 77.4 Å². The predicted molar refractivity (Wildman–Crippen MR) is 102 cm³/mol. The highest BCUT2D eigenvalue weighted by Crippen LogP contribution is 2.28. The monoisotopic (exact) mass is 343 g/mol. The normalized spacial score (nSPS) is 10.2. The number of benzene rings is 3. The molecule has 0 radical (unpaired) electrons. The third-order valence-electron chi connectivity index (χ3n) is 4.12. The molecule has 0 aliphatic carbocycles. The summed E-state index contributed by atoms with van der Waals surface area (Å²) in [4.78, 5) is 11.1. The molecule has 3 aromatic carbocycles. The van der Waals surface area contributed by atoms with Crippen molar-refractivity contribution in [1.82, 2.24) is 0 Å². The van der Waals surface area contributed by atoms with Crippen LogP contribution in [-0.4, -0.2) is 11.1 Å². The van der Waals surface area contributed by atoms with Crippen molar-refractivity contribution >= 4 is 23.0 Å². The van der Waals surface area contributed by atoms with Crippen molar-refractivity contribution in [3.8, 4) is 17.2 Å². The molecule has 0 heterocycles. The summed E-state index contributed by atoms with van der Waals surface area (Å²) in [6.45, 7) is 1.91. The fourth-order valence-electron chi connectivity index (χ4n) is 2.70. The van der Waals surface area contributed by atoms with E-state index >= 15 is 0 Å². The summed E-state index contributed by atoms with van der Waals surface area (Å²) in [7, 11) is 0. The maximum atomic E-state index is 11.1. The Labute approximate surface area is 151 Å². The summed E-state index contributed by atoms with van der Waals surface area (Å²) in [6.07, 6.45) is 0. The Hall–Kier alpha value is -3.78. The maximum Gasteiger partial charge on any atom is 0.335 e. The third-order valence-corrected chi connectivity index (χ3v) is 4.12. The molecule has 0 aliphatic rings. The zero-order chi connectivity index (χ0) is 18.7. The van der Waals surface area contributed by atoms with E-state index in [-0.39, 0.29) is 5.56 Å². The Balaban J connectivity index is 1.93. The first-order chi connectivity index (χ1) is 12.5. The summed E-state index contributed by atoms with van der Waals surface area (Å²) in [5.41, 5.74) is 11.5. The molecule has 0 aromatic heterocycles. The number of carboxylic acid groups (broad SMARTS) is 1. The van der Waals surface area contributed by atoms with Crippen LogP contribution in [0.5, 0.6) is 0 Å². The van der Waals surface area contributed by atoms with Gasteiger partial charge in [-0.3, -0.25) is 0 Å². The number of nitrogens with two attached hydrogens (primary N) is 1. The molecule has 5 heteroatoms. The van der Waals surface area contributed by atoms with Gasteiger partial charge in [-0.1, -0.05) is 24.3 Å². The Morgan fingerprint density at radius 2 is 1.85 bits per heavy atom. The number of rotatable bonds is 4. The van der Waals surface area contributed by atoms with E-state index in [2.05, 4.69) is 11.4 Å². The molecule has 0 amide bonds. The number of hydrogen-bond donors (Lipinski definition) is 3. The van der Waals surface area contributed by atoms with Crippen LogP contribution in [0.4, 0.5) is 17.1 Å². The standard InChI is InChI=1S/C21H17N3O2/c1-13-9-15(5-6-17(13)12-22)14-3-2-4-18(10-14)24-20-11-16(21(25)26)7-8-19(20)23/h2-11,24H,23H2,1H3,(H,25,26). The molecule has 0 spiro atoms. The molecule has 26 heavy (non-hydrogen) atoms. The average Bonchev–Trinajstić information content (AvgIpc) is 2.63. The van der Waals surface area contributed by atoms with Gasteiger partial charge in [0.2, 0.25) is 0 Å². The highest BCUT2D eigenvalue weighted by molar-refractivity contribution is 5.91. The lowest BCUT2D eigenvalue weighted by molar-refractivity contribution is 0.0697. The van der Waals surface area contributed by atoms with E-state index in [0.29, 0.717) is 16.9 Å². The van der Waals surface area contributed by atoms with Crippen molar-refractivity contribution in [2.45, 2.75) is 6.92 Å². The number of hydrogen-bond acceptors (Lipinski definition) is 4. The van der Waals surface area contributed by atoms with Gasteiger partial charge in [-0.2, -0.15) is 5.26 Å². The van der Waals surface area contributed by atoms with Crippen LogP contribution in [0.2, 0.25) is 0 Å². The van der Waals surface area contributed by atoms with E-state index in [4.69, 9.17) is 16.1 Å². The number of anilines is 3. The number of aryl methyl sites for hydroxylation is 1. The summed E-state index contributed by atoms with van der Waals surface area (Å²) >= 11 is 0. The Morgan fingerprint density at radius 1 is 1.08 bits per heavy atom. The van der Waals surface area contributed by atoms with Crippen LogP contribution in [-0.2, 0) is 0 Å². The predicted octanol–water partition coefficient (Wildman–Crippen LogP) is 4.56. The second kappa shape index (κ2) is 6.99. The van der Waals surface area contributed by atoms with Crippen LogP contribution in [0.3, 0.4) is 0 Å². The first-order valence-electron chi connectivity index (χ1n) is 7.99. The molecule has 0 aliphatic heterocycles. The molecule has 0 saturated carbocycles. The molecule has 128 valence electrons. The van der Waals surface area contributed by atoms with Gasteiger partial charge in [-0.25, -0.2) is 4.79 Å². The van der Waals surface area contributed by atoms with Gasteiger partial charge in [-0.05, 0) is 60.0 Å². The molecule has 3 aromatic rings. The molecular weight excluding hydrogens is 326 g/mol. The van der Waals surface area contributed by atoms with E-state index in [0.717, 1.165) is 22.4 Å². The summed E-state index contributed by atoms with van der Waals surface area (Å²) < 4.78 is 0. The number of nitrogens with one attached hydrogen (secondary N) is 1. The molecule has 4 N–H and O–H groups in total. The zero-order valence-electron chi connectivity index (χ0n) is 14.2. The minimum atomic E-state index is -1.00. The Bertz CT molecular complexity index is 1040. The van der Waals surface area contributed by atoms with Gasteiger partial charge in [0.25, 0.3) is 0 Å². The lowest BCUT2D eigenvalue weighted by atomic mass is 10.00. The van der Waals surface area contributed by atoms with Crippen LogP contribution >= 0.6 is 0 Å². The number of carbonyl (C=O) groups is 1. The van der Waals surface area contributed by atoms with Gasteiger partial charge in [0.1, 0.15) is 0 Å². The van der Waals surface area contributed by atoms with E-state index in [1.807, 2.05) is 43.3 Å². The van der Waals surface area contributed by atoms with E-state index in [1.165, 1.54) is 12.1 Å². The number of carboxylic acids is 1. The Morgan fingerprint density at radius 3 is 2.54 bits per heavy atom. The van der Waals surface area contributed by atoms with Crippen molar-refractivity contribution in [2.24, 2.45) is 0 Å². The molecule has 0 bridgehead atoms. The first-order valence-corrected chi connectivity index (χ1v) is 7.99. The van der Waals surface area contributed by atoms with Gasteiger partial charge in [0, 0.05) is 5.69 Å². The molecular formula is C21H17N3O2. The van der Waals surface area contributed by atoms with Gasteiger partial charge >= 0.3 is 5.97 Å². The summed E-state index contributed by atoms with van der Waals surface area (Å²) in [5.74, 6) is -1.00. The van der Waals surface area contributed by atoms with Gasteiger partial charge in [-0.15, -0.1) is 0 Å². The zero-order valence-corrected chi connectivity index (χ0v) is 14.2. The highest BCUT2D eigenvalue weighted by Gasteiger charge is 2.08. The van der Waals surface area contributed by atoms with Crippen molar-refractivity contribution in [3.63, 3.8) is 0 Å². The molecule has 0 unspecified atom stereocenters. The number of nitrogens with zero attached hydrogens (tertiary/aromatic N) is 1. The molecule has 0 atom stereocenters. The Kier molecular flexibility index (Phi) is 4.59. The fourth-order valence-corrected chi connectivity index (χ4v) is 2.70. The van der Waals surface area contributed by atoms with Crippen LogP contribution < -0.4 is 11.1 Å². The number of nitrogen functional groups attached to an aromatic ring is 1. The van der Waals surface area contributed by atoms with Gasteiger partial charge in [0.05, 0.1) is 28.6 Å². The second-order valence-electron chi connectivity index (χ2n) is 5.95. The van der Waals surface area contributed by atoms with Crippen LogP contribution in [0.1, 0.15) is 21.5 Å². The minimum absolute atomic E-state index is 0.167. The van der Waals surface area contributed by atoms with Gasteiger partial charge in [0.15, 0.2) is 0 Å². The first kappa shape index (κ1) is 17.1. The van der Waals surface area contributed by atoms with Crippen LogP contribution in [0.25, 0.3) is 11.1 Å². The van der Waals surface area contributed by atoms with E-state index in [1.54, 1.807) is 12.1 Å².